The lowest BCUT2D eigenvalue weighted by Crippen LogP contribution is -2.03. The van der Waals surface area contributed by atoms with Crippen LogP contribution in [0.4, 0.5) is 0 Å². The van der Waals surface area contributed by atoms with Crippen LogP contribution in [0.3, 0.4) is 0 Å². The van der Waals surface area contributed by atoms with Gasteiger partial charge in [0, 0.05) is 11.8 Å². The van der Waals surface area contributed by atoms with Crippen molar-refractivity contribution in [2.45, 2.75) is 0 Å². The summed E-state index contributed by atoms with van der Waals surface area (Å²) >= 11 is 0. The highest BCUT2D eigenvalue weighted by Crippen LogP contribution is 2.25. The minimum atomic E-state index is -0.374. The van der Waals surface area contributed by atoms with E-state index in [1.54, 1.807) is 13.3 Å². The van der Waals surface area contributed by atoms with Gasteiger partial charge in [-0.1, -0.05) is 12.1 Å². The fourth-order valence-corrected chi connectivity index (χ4v) is 1.65. The second-order valence-corrected chi connectivity index (χ2v) is 3.49. The Labute approximate surface area is 99.2 Å². The van der Waals surface area contributed by atoms with E-state index in [1.165, 1.54) is 7.11 Å². The number of benzene rings is 1. The first-order valence-corrected chi connectivity index (χ1v) is 5.16. The minimum Gasteiger partial charge on any atom is -0.497 e. The second-order valence-electron chi connectivity index (χ2n) is 3.49. The molecule has 0 aliphatic heterocycles. The molecule has 0 saturated carbocycles. The Balaban J connectivity index is 2.39. The van der Waals surface area contributed by atoms with Gasteiger partial charge < -0.3 is 14.5 Å². The van der Waals surface area contributed by atoms with Crippen molar-refractivity contribution in [1.29, 1.82) is 0 Å². The summed E-state index contributed by atoms with van der Waals surface area (Å²) in [6, 6.07) is 9.34. The molecule has 1 N–H and O–H groups in total. The molecule has 0 aliphatic rings. The highest BCUT2D eigenvalue weighted by molar-refractivity contribution is 5.95. The number of rotatable bonds is 3. The van der Waals surface area contributed by atoms with E-state index in [9.17, 15) is 4.79 Å². The van der Waals surface area contributed by atoms with E-state index in [0.717, 1.165) is 16.9 Å². The summed E-state index contributed by atoms with van der Waals surface area (Å²) in [6.07, 6.45) is 1.71. The summed E-state index contributed by atoms with van der Waals surface area (Å²) < 4.78 is 9.79. The van der Waals surface area contributed by atoms with E-state index in [1.807, 2.05) is 30.3 Å². The third kappa shape index (κ3) is 2.15. The van der Waals surface area contributed by atoms with Gasteiger partial charge in [-0.15, -0.1) is 0 Å². The SMILES string of the molecule is COC(=O)c1[nH]ccc1-c1ccc(OC)cc1. The van der Waals surface area contributed by atoms with Gasteiger partial charge in [-0.25, -0.2) is 4.79 Å². The van der Waals surface area contributed by atoms with Gasteiger partial charge in [0.15, 0.2) is 0 Å². The van der Waals surface area contributed by atoms with E-state index in [-0.39, 0.29) is 5.97 Å². The van der Waals surface area contributed by atoms with Gasteiger partial charge in [0.1, 0.15) is 11.4 Å². The molecule has 88 valence electrons. The average Bonchev–Trinajstić information content (AvgIpc) is 2.87. The van der Waals surface area contributed by atoms with Crippen molar-refractivity contribution < 1.29 is 14.3 Å². The average molecular weight is 231 g/mol. The summed E-state index contributed by atoms with van der Waals surface area (Å²) in [6.45, 7) is 0. The molecule has 4 nitrogen and oxygen atoms in total. The first-order valence-electron chi connectivity index (χ1n) is 5.16. The number of esters is 1. The Morgan fingerprint density at radius 3 is 2.41 bits per heavy atom. The molecule has 1 heterocycles. The molecular formula is C13H13NO3. The predicted molar refractivity (Wildman–Crippen MR) is 64.1 cm³/mol. The standard InChI is InChI=1S/C13H13NO3/c1-16-10-5-3-9(4-6-10)11-7-8-14-12(11)13(15)17-2/h3-8,14H,1-2H3. The molecule has 17 heavy (non-hydrogen) atoms. The number of carbonyl (C=O) groups excluding carboxylic acids is 1. The van der Waals surface area contributed by atoms with Gasteiger partial charge in [-0.05, 0) is 23.8 Å². The van der Waals surface area contributed by atoms with Crippen LogP contribution in [-0.2, 0) is 4.74 Å². The molecule has 0 unspecified atom stereocenters. The molecular weight excluding hydrogens is 218 g/mol. The van der Waals surface area contributed by atoms with Crippen molar-refractivity contribution in [1.82, 2.24) is 4.98 Å². The number of nitrogens with one attached hydrogen (secondary N) is 1. The van der Waals surface area contributed by atoms with Gasteiger partial charge in [0.05, 0.1) is 14.2 Å². The van der Waals surface area contributed by atoms with Crippen molar-refractivity contribution in [3.63, 3.8) is 0 Å². The summed E-state index contributed by atoms with van der Waals surface area (Å²) in [5, 5.41) is 0. The number of aromatic amines is 1. The quantitative estimate of drug-likeness (QED) is 0.825. The van der Waals surface area contributed by atoms with Gasteiger partial charge >= 0.3 is 5.97 Å². The second kappa shape index (κ2) is 4.74. The number of carbonyl (C=O) groups is 1. The molecule has 0 aliphatic carbocycles. The van der Waals surface area contributed by atoms with Crippen LogP contribution in [0.15, 0.2) is 36.5 Å². The monoisotopic (exact) mass is 231 g/mol. The van der Waals surface area contributed by atoms with E-state index >= 15 is 0 Å². The maximum Gasteiger partial charge on any atom is 0.355 e. The lowest BCUT2D eigenvalue weighted by molar-refractivity contribution is 0.0596. The Bertz CT molecular complexity index is 514. The van der Waals surface area contributed by atoms with Gasteiger partial charge in [-0.3, -0.25) is 0 Å². The molecule has 1 aromatic heterocycles. The van der Waals surface area contributed by atoms with Crippen LogP contribution < -0.4 is 4.74 Å². The van der Waals surface area contributed by atoms with E-state index in [2.05, 4.69) is 4.98 Å². The molecule has 0 radical (unpaired) electrons. The first-order chi connectivity index (χ1) is 8.26. The highest BCUT2D eigenvalue weighted by atomic mass is 16.5. The topological polar surface area (TPSA) is 51.3 Å². The summed E-state index contributed by atoms with van der Waals surface area (Å²) in [7, 11) is 2.98. The third-order valence-electron chi connectivity index (χ3n) is 2.54. The van der Waals surface area contributed by atoms with Gasteiger partial charge in [-0.2, -0.15) is 0 Å². The van der Waals surface area contributed by atoms with Crippen molar-refractivity contribution in [2.75, 3.05) is 14.2 Å². The third-order valence-corrected chi connectivity index (χ3v) is 2.54. The molecule has 0 bridgehead atoms. The molecule has 0 amide bonds. The zero-order valence-electron chi connectivity index (χ0n) is 9.69. The van der Waals surface area contributed by atoms with Crippen LogP contribution in [0.25, 0.3) is 11.1 Å². The van der Waals surface area contributed by atoms with Crippen molar-refractivity contribution >= 4 is 5.97 Å². The fraction of sp³-hybridized carbons (Fsp3) is 0.154. The van der Waals surface area contributed by atoms with Crippen molar-refractivity contribution in [3.05, 3.63) is 42.2 Å². The maximum absolute atomic E-state index is 11.5. The smallest absolute Gasteiger partial charge is 0.355 e. The molecule has 0 fully saturated rings. The zero-order chi connectivity index (χ0) is 12.3. The molecule has 2 rings (SSSR count). The number of aromatic nitrogens is 1. The first kappa shape index (κ1) is 11.3. The lowest BCUT2D eigenvalue weighted by Gasteiger charge is -2.04. The van der Waals surface area contributed by atoms with Crippen LogP contribution in [0.2, 0.25) is 0 Å². The number of methoxy groups -OCH3 is 2. The Morgan fingerprint density at radius 1 is 1.12 bits per heavy atom. The fourth-order valence-electron chi connectivity index (χ4n) is 1.65. The molecule has 0 atom stereocenters. The predicted octanol–water partition coefficient (Wildman–Crippen LogP) is 2.48. The Morgan fingerprint density at radius 2 is 1.82 bits per heavy atom. The Kier molecular flexibility index (Phi) is 3.14. The van der Waals surface area contributed by atoms with E-state index in [4.69, 9.17) is 9.47 Å². The number of hydrogen-bond acceptors (Lipinski definition) is 3. The lowest BCUT2D eigenvalue weighted by atomic mass is 10.1. The molecule has 1 aromatic carbocycles. The Hall–Kier alpha value is -2.23. The molecule has 0 saturated heterocycles. The normalized spacial score (nSPS) is 10.0. The van der Waals surface area contributed by atoms with Crippen LogP contribution in [0, 0.1) is 0 Å². The summed E-state index contributed by atoms with van der Waals surface area (Å²) in [4.78, 5) is 14.4. The van der Waals surface area contributed by atoms with E-state index < -0.39 is 0 Å². The van der Waals surface area contributed by atoms with Crippen LogP contribution in [0.1, 0.15) is 10.5 Å². The molecule has 4 heteroatoms. The molecule has 2 aromatic rings. The van der Waals surface area contributed by atoms with Crippen molar-refractivity contribution in [2.24, 2.45) is 0 Å². The van der Waals surface area contributed by atoms with Crippen molar-refractivity contribution in [3.8, 4) is 16.9 Å². The zero-order valence-corrected chi connectivity index (χ0v) is 9.69. The summed E-state index contributed by atoms with van der Waals surface area (Å²) in [5.41, 5.74) is 2.21. The minimum absolute atomic E-state index is 0.374. The maximum atomic E-state index is 11.5. The highest BCUT2D eigenvalue weighted by Gasteiger charge is 2.14. The van der Waals surface area contributed by atoms with Crippen LogP contribution >= 0.6 is 0 Å². The number of H-pyrrole nitrogens is 1. The van der Waals surface area contributed by atoms with Crippen LogP contribution in [-0.4, -0.2) is 25.2 Å². The van der Waals surface area contributed by atoms with Crippen LogP contribution in [0.5, 0.6) is 5.75 Å². The molecule has 0 spiro atoms. The van der Waals surface area contributed by atoms with Gasteiger partial charge in [0.25, 0.3) is 0 Å². The van der Waals surface area contributed by atoms with Gasteiger partial charge in [0.2, 0.25) is 0 Å². The summed E-state index contributed by atoms with van der Waals surface area (Å²) in [5.74, 6) is 0.407. The number of ether oxygens (including phenoxy) is 2. The largest absolute Gasteiger partial charge is 0.497 e. The number of hydrogen-bond donors (Lipinski definition) is 1. The van der Waals surface area contributed by atoms with E-state index in [0.29, 0.717) is 5.69 Å².